The first-order chi connectivity index (χ1) is 10.1. The minimum Gasteiger partial charge on any atom is -0.492 e. The zero-order valence-corrected chi connectivity index (χ0v) is 13.8. The molecule has 3 rings (SSSR count). The monoisotopic (exact) mass is 348 g/mol. The molecule has 5 nitrogen and oxygen atoms in total. The normalized spacial score (nSPS) is 12.8. The zero-order valence-electron chi connectivity index (χ0n) is 12.2. The number of hydrogen-bond acceptors (Lipinski definition) is 5. The summed E-state index contributed by atoms with van der Waals surface area (Å²) >= 11 is 3.62. The summed E-state index contributed by atoms with van der Waals surface area (Å²) in [5, 5.41) is 6.35. The summed E-state index contributed by atoms with van der Waals surface area (Å²) in [6.07, 6.45) is 0.930. The van der Waals surface area contributed by atoms with Gasteiger partial charge in [-0.15, -0.1) is 0 Å². The molecule has 110 valence electrons. The molecule has 1 aliphatic heterocycles. The summed E-state index contributed by atoms with van der Waals surface area (Å²) in [7, 11) is 1.85. The summed E-state index contributed by atoms with van der Waals surface area (Å²) in [6, 6.07) is 4.03. The van der Waals surface area contributed by atoms with Crippen molar-refractivity contribution in [3.63, 3.8) is 0 Å². The van der Waals surface area contributed by atoms with Gasteiger partial charge in [0.1, 0.15) is 11.6 Å². The molecule has 0 radical (unpaired) electrons. The van der Waals surface area contributed by atoms with Crippen LogP contribution < -0.4 is 15.4 Å². The lowest BCUT2D eigenvalue weighted by Crippen LogP contribution is -2.03. The third kappa shape index (κ3) is 2.68. The number of benzene rings is 1. The van der Waals surface area contributed by atoms with Gasteiger partial charge in [0.25, 0.3) is 0 Å². The Labute approximate surface area is 132 Å². The van der Waals surface area contributed by atoms with Crippen LogP contribution in [0.25, 0.3) is 0 Å². The molecule has 0 amide bonds. The van der Waals surface area contributed by atoms with Gasteiger partial charge in [-0.3, -0.25) is 0 Å². The van der Waals surface area contributed by atoms with Crippen LogP contribution in [0.3, 0.4) is 0 Å². The molecular weight excluding hydrogens is 332 g/mol. The van der Waals surface area contributed by atoms with Gasteiger partial charge >= 0.3 is 0 Å². The van der Waals surface area contributed by atoms with Gasteiger partial charge in [-0.2, -0.15) is 4.98 Å². The second-order valence-corrected chi connectivity index (χ2v) is 5.84. The average molecular weight is 349 g/mol. The predicted molar refractivity (Wildman–Crippen MR) is 87.7 cm³/mol. The lowest BCUT2D eigenvalue weighted by molar-refractivity contribution is 0.354. The fourth-order valence-electron chi connectivity index (χ4n) is 2.39. The molecule has 2 heterocycles. The van der Waals surface area contributed by atoms with E-state index in [4.69, 9.17) is 4.74 Å². The van der Waals surface area contributed by atoms with Crippen LogP contribution in [-0.4, -0.2) is 23.6 Å². The van der Waals surface area contributed by atoms with Crippen molar-refractivity contribution in [2.24, 2.45) is 0 Å². The van der Waals surface area contributed by atoms with Gasteiger partial charge in [0.05, 0.1) is 11.1 Å². The third-order valence-corrected chi connectivity index (χ3v) is 4.47. The molecule has 1 aromatic carbocycles. The van der Waals surface area contributed by atoms with E-state index in [0.717, 1.165) is 46.0 Å². The SMILES string of the molecule is CNc1cc(C)nc(Nc2cc3c(c(Br)c2C)OCC3)n1. The quantitative estimate of drug-likeness (QED) is 0.887. The Morgan fingerprint density at radius 2 is 2.05 bits per heavy atom. The lowest BCUT2D eigenvalue weighted by Gasteiger charge is -2.14. The Kier molecular flexibility index (Phi) is 3.71. The van der Waals surface area contributed by atoms with Crippen molar-refractivity contribution in [2.75, 3.05) is 24.3 Å². The van der Waals surface area contributed by atoms with Gasteiger partial charge in [0.2, 0.25) is 5.95 Å². The first-order valence-electron chi connectivity index (χ1n) is 6.83. The number of anilines is 3. The molecule has 0 saturated heterocycles. The number of nitrogens with zero attached hydrogens (tertiary/aromatic N) is 2. The van der Waals surface area contributed by atoms with Crippen LogP contribution in [0.5, 0.6) is 5.75 Å². The molecule has 2 N–H and O–H groups in total. The fourth-order valence-corrected chi connectivity index (χ4v) is 2.97. The fraction of sp³-hybridized carbons (Fsp3) is 0.333. The topological polar surface area (TPSA) is 59.1 Å². The maximum Gasteiger partial charge on any atom is 0.229 e. The largest absolute Gasteiger partial charge is 0.492 e. The van der Waals surface area contributed by atoms with Crippen molar-refractivity contribution >= 4 is 33.4 Å². The summed E-state index contributed by atoms with van der Waals surface area (Å²) in [4.78, 5) is 8.86. The number of rotatable bonds is 3. The van der Waals surface area contributed by atoms with Crippen LogP contribution in [0, 0.1) is 13.8 Å². The summed E-state index contributed by atoms with van der Waals surface area (Å²) < 4.78 is 6.66. The van der Waals surface area contributed by atoms with E-state index in [2.05, 4.69) is 42.6 Å². The van der Waals surface area contributed by atoms with E-state index in [0.29, 0.717) is 5.95 Å². The van der Waals surface area contributed by atoms with Crippen LogP contribution in [-0.2, 0) is 6.42 Å². The smallest absolute Gasteiger partial charge is 0.229 e. The molecule has 6 heteroatoms. The number of fused-ring (bicyclic) bond motifs is 1. The molecule has 0 spiro atoms. The molecular formula is C15H17BrN4O. The Morgan fingerprint density at radius 1 is 1.24 bits per heavy atom. The van der Waals surface area contributed by atoms with Crippen molar-refractivity contribution in [3.8, 4) is 5.75 Å². The Balaban J connectivity index is 1.99. The maximum absolute atomic E-state index is 5.65. The molecule has 21 heavy (non-hydrogen) atoms. The average Bonchev–Trinajstić information content (AvgIpc) is 2.92. The number of aryl methyl sites for hydroxylation is 1. The number of halogens is 1. The van der Waals surface area contributed by atoms with Crippen LogP contribution in [0.2, 0.25) is 0 Å². The Hall–Kier alpha value is -1.82. The van der Waals surface area contributed by atoms with Crippen molar-refractivity contribution in [2.45, 2.75) is 20.3 Å². The highest BCUT2D eigenvalue weighted by atomic mass is 79.9. The number of ether oxygens (including phenoxy) is 1. The van der Waals surface area contributed by atoms with Crippen LogP contribution in [0.15, 0.2) is 16.6 Å². The van der Waals surface area contributed by atoms with Crippen LogP contribution >= 0.6 is 15.9 Å². The van der Waals surface area contributed by atoms with Crippen LogP contribution in [0.4, 0.5) is 17.5 Å². The molecule has 0 bridgehead atoms. The minimum atomic E-state index is 0.591. The van der Waals surface area contributed by atoms with Crippen molar-refractivity contribution < 1.29 is 4.74 Å². The minimum absolute atomic E-state index is 0.591. The van der Waals surface area contributed by atoms with Crippen molar-refractivity contribution in [1.82, 2.24) is 9.97 Å². The van der Waals surface area contributed by atoms with Gasteiger partial charge in [0.15, 0.2) is 0 Å². The first-order valence-corrected chi connectivity index (χ1v) is 7.63. The number of nitrogens with one attached hydrogen (secondary N) is 2. The molecule has 1 aromatic heterocycles. The van der Waals surface area contributed by atoms with E-state index in [9.17, 15) is 0 Å². The molecule has 1 aliphatic rings. The van der Waals surface area contributed by atoms with E-state index < -0.39 is 0 Å². The van der Waals surface area contributed by atoms with Gasteiger partial charge < -0.3 is 15.4 Å². The van der Waals surface area contributed by atoms with E-state index >= 15 is 0 Å². The van der Waals surface area contributed by atoms with E-state index in [1.807, 2.05) is 27.0 Å². The standard InChI is InChI=1S/C15H17BrN4O/c1-8-6-12(17-3)20-15(18-8)19-11-7-10-4-5-21-14(10)13(16)9(11)2/h6-7H,4-5H2,1-3H3,(H2,17,18,19,20). The van der Waals surface area contributed by atoms with E-state index in [1.165, 1.54) is 5.56 Å². The van der Waals surface area contributed by atoms with Gasteiger partial charge in [-0.25, -0.2) is 4.98 Å². The highest BCUT2D eigenvalue weighted by Gasteiger charge is 2.20. The molecule has 0 atom stereocenters. The Bertz CT molecular complexity index is 703. The molecule has 2 aromatic rings. The highest BCUT2D eigenvalue weighted by Crippen LogP contribution is 2.40. The molecule has 0 unspecified atom stereocenters. The van der Waals surface area contributed by atoms with Gasteiger partial charge in [-0.05, 0) is 41.4 Å². The summed E-state index contributed by atoms with van der Waals surface area (Å²) in [5.74, 6) is 2.35. The van der Waals surface area contributed by atoms with E-state index in [1.54, 1.807) is 0 Å². The highest BCUT2D eigenvalue weighted by molar-refractivity contribution is 9.10. The molecule has 0 aliphatic carbocycles. The predicted octanol–water partition coefficient (Wildman–Crippen LogP) is 3.58. The maximum atomic E-state index is 5.65. The molecule has 0 saturated carbocycles. The third-order valence-electron chi connectivity index (χ3n) is 3.52. The number of hydrogen-bond donors (Lipinski definition) is 2. The van der Waals surface area contributed by atoms with Gasteiger partial charge in [-0.1, -0.05) is 0 Å². The van der Waals surface area contributed by atoms with Crippen molar-refractivity contribution in [3.05, 3.63) is 33.4 Å². The van der Waals surface area contributed by atoms with Gasteiger partial charge in [0, 0.05) is 36.5 Å². The first kappa shape index (κ1) is 14.1. The van der Waals surface area contributed by atoms with Crippen LogP contribution in [0.1, 0.15) is 16.8 Å². The zero-order chi connectivity index (χ0) is 15.0. The number of aromatic nitrogens is 2. The molecule has 0 fully saturated rings. The second-order valence-electron chi connectivity index (χ2n) is 5.04. The van der Waals surface area contributed by atoms with Crippen molar-refractivity contribution in [1.29, 1.82) is 0 Å². The Morgan fingerprint density at radius 3 is 2.81 bits per heavy atom. The second kappa shape index (κ2) is 5.52. The lowest BCUT2D eigenvalue weighted by atomic mass is 10.1. The summed E-state index contributed by atoms with van der Waals surface area (Å²) in [5.41, 5.74) is 4.21. The summed E-state index contributed by atoms with van der Waals surface area (Å²) in [6.45, 7) is 4.73. The van der Waals surface area contributed by atoms with E-state index in [-0.39, 0.29) is 0 Å².